The lowest BCUT2D eigenvalue weighted by Gasteiger charge is -2.33. The molecule has 1 aromatic rings. The smallest absolute Gasteiger partial charge is 0.0916 e. The summed E-state index contributed by atoms with van der Waals surface area (Å²) in [5.41, 5.74) is 0.970. The van der Waals surface area contributed by atoms with E-state index in [0.29, 0.717) is 12.6 Å². The Labute approximate surface area is 129 Å². The molecule has 0 amide bonds. The summed E-state index contributed by atoms with van der Waals surface area (Å²) in [6, 6.07) is 7.86. The molecule has 2 atom stereocenters. The van der Waals surface area contributed by atoms with Crippen LogP contribution in [0.25, 0.3) is 0 Å². The first kappa shape index (κ1) is 16.9. The van der Waals surface area contributed by atoms with Crippen molar-refractivity contribution < 1.29 is 9.84 Å². The highest BCUT2D eigenvalue weighted by Gasteiger charge is 2.21. The van der Waals surface area contributed by atoms with Crippen molar-refractivity contribution in [1.82, 2.24) is 4.90 Å². The van der Waals surface area contributed by atoms with Crippen LogP contribution in [0.2, 0.25) is 0 Å². The molecule has 5 heteroatoms. The molecule has 108 valence electrons. The van der Waals surface area contributed by atoms with Gasteiger partial charge in [0, 0.05) is 24.1 Å². The molecular formula is C14H21BrClNO2. The summed E-state index contributed by atoms with van der Waals surface area (Å²) in [6.07, 6.45) is 0.926. The van der Waals surface area contributed by atoms with Crippen LogP contribution in [0.5, 0.6) is 0 Å². The number of aliphatic hydroxyl groups is 1. The van der Waals surface area contributed by atoms with Crippen molar-refractivity contribution in [2.75, 3.05) is 26.2 Å². The quantitative estimate of drug-likeness (QED) is 0.906. The van der Waals surface area contributed by atoms with Gasteiger partial charge in [-0.2, -0.15) is 0 Å². The maximum Gasteiger partial charge on any atom is 0.0916 e. The van der Waals surface area contributed by atoms with E-state index in [1.807, 2.05) is 24.3 Å². The van der Waals surface area contributed by atoms with Gasteiger partial charge in [-0.25, -0.2) is 0 Å². The van der Waals surface area contributed by atoms with Crippen LogP contribution in [0, 0.1) is 0 Å². The van der Waals surface area contributed by atoms with E-state index in [4.69, 9.17) is 4.74 Å². The molecule has 0 bridgehead atoms. The van der Waals surface area contributed by atoms with Crippen LogP contribution in [0.1, 0.15) is 25.0 Å². The lowest BCUT2D eigenvalue weighted by Crippen LogP contribution is -2.43. The Morgan fingerprint density at radius 1 is 1.42 bits per heavy atom. The summed E-state index contributed by atoms with van der Waals surface area (Å²) in [5.74, 6) is 0. The summed E-state index contributed by atoms with van der Waals surface area (Å²) in [7, 11) is 0. The average molecular weight is 351 g/mol. The first-order valence-electron chi connectivity index (χ1n) is 6.46. The zero-order valence-corrected chi connectivity index (χ0v) is 13.5. The van der Waals surface area contributed by atoms with Gasteiger partial charge >= 0.3 is 0 Å². The zero-order chi connectivity index (χ0) is 13.0. The molecule has 0 spiro atoms. The molecule has 1 aromatic carbocycles. The van der Waals surface area contributed by atoms with Gasteiger partial charge in [-0.1, -0.05) is 35.0 Å². The van der Waals surface area contributed by atoms with Gasteiger partial charge in [-0.05, 0) is 24.1 Å². The number of morpholine rings is 1. The number of benzene rings is 1. The molecule has 1 aliphatic rings. The second-order valence-corrected chi connectivity index (χ2v) is 5.64. The molecule has 1 N–H and O–H groups in total. The summed E-state index contributed by atoms with van der Waals surface area (Å²) >= 11 is 3.40. The second kappa shape index (κ2) is 8.22. The number of hydrogen-bond donors (Lipinski definition) is 1. The number of aliphatic hydroxyl groups excluding tert-OH is 1. The van der Waals surface area contributed by atoms with Gasteiger partial charge in [0.05, 0.1) is 18.8 Å². The van der Waals surface area contributed by atoms with Crippen LogP contribution in [-0.2, 0) is 4.74 Å². The fraction of sp³-hybridized carbons (Fsp3) is 0.571. The molecule has 0 aliphatic carbocycles. The molecule has 19 heavy (non-hydrogen) atoms. The van der Waals surface area contributed by atoms with E-state index in [9.17, 15) is 5.11 Å². The number of nitrogens with zero attached hydrogens (tertiary/aromatic N) is 1. The van der Waals surface area contributed by atoms with Crippen molar-refractivity contribution in [2.45, 2.75) is 25.6 Å². The first-order valence-corrected chi connectivity index (χ1v) is 7.26. The predicted octanol–water partition coefficient (Wildman–Crippen LogP) is 3.02. The van der Waals surface area contributed by atoms with Crippen LogP contribution >= 0.6 is 28.3 Å². The third kappa shape index (κ3) is 5.04. The normalized spacial score (nSPS) is 21.7. The van der Waals surface area contributed by atoms with Crippen molar-refractivity contribution in [1.29, 1.82) is 0 Å². The summed E-state index contributed by atoms with van der Waals surface area (Å²) < 4.78 is 6.67. The van der Waals surface area contributed by atoms with Gasteiger partial charge in [0.1, 0.15) is 0 Å². The number of ether oxygens (including phenoxy) is 1. The average Bonchev–Trinajstić information content (AvgIpc) is 2.39. The van der Waals surface area contributed by atoms with E-state index in [-0.39, 0.29) is 12.4 Å². The third-order valence-electron chi connectivity index (χ3n) is 3.36. The van der Waals surface area contributed by atoms with Gasteiger partial charge < -0.3 is 9.84 Å². The molecule has 2 unspecified atom stereocenters. The van der Waals surface area contributed by atoms with E-state index < -0.39 is 6.10 Å². The van der Waals surface area contributed by atoms with Gasteiger partial charge in [0.2, 0.25) is 0 Å². The second-order valence-electron chi connectivity index (χ2n) is 4.73. The molecule has 3 nitrogen and oxygen atoms in total. The van der Waals surface area contributed by atoms with Crippen molar-refractivity contribution >= 4 is 28.3 Å². The fourth-order valence-electron chi connectivity index (χ4n) is 2.23. The minimum atomic E-state index is -0.422. The Morgan fingerprint density at radius 2 is 2.11 bits per heavy atom. The Balaban J connectivity index is 0.00000180. The van der Waals surface area contributed by atoms with Crippen LogP contribution in [-0.4, -0.2) is 42.4 Å². The van der Waals surface area contributed by atoms with Crippen molar-refractivity contribution in [3.8, 4) is 0 Å². The Kier molecular flexibility index (Phi) is 7.32. The van der Waals surface area contributed by atoms with Gasteiger partial charge in [0.25, 0.3) is 0 Å². The van der Waals surface area contributed by atoms with Crippen molar-refractivity contribution in [3.05, 3.63) is 34.3 Å². The van der Waals surface area contributed by atoms with Gasteiger partial charge in [-0.15, -0.1) is 12.4 Å². The Morgan fingerprint density at radius 3 is 2.74 bits per heavy atom. The van der Waals surface area contributed by atoms with Crippen molar-refractivity contribution in [3.63, 3.8) is 0 Å². The molecule has 2 rings (SSSR count). The standard InChI is InChI=1S/C14H20BrNO2.ClH/c1-2-13-9-16(7-8-18-13)10-14(17)11-3-5-12(15)6-4-11;/h3-6,13-14,17H,2,7-10H2,1H3;1H. The topological polar surface area (TPSA) is 32.7 Å². The van der Waals surface area contributed by atoms with E-state index in [2.05, 4.69) is 27.8 Å². The van der Waals surface area contributed by atoms with E-state index in [1.165, 1.54) is 0 Å². The maximum atomic E-state index is 10.2. The first-order chi connectivity index (χ1) is 8.69. The maximum absolute atomic E-state index is 10.2. The van der Waals surface area contributed by atoms with Crippen LogP contribution in [0.4, 0.5) is 0 Å². The number of hydrogen-bond acceptors (Lipinski definition) is 3. The third-order valence-corrected chi connectivity index (χ3v) is 3.89. The van der Waals surface area contributed by atoms with Crippen LogP contribution in [0.3, 0.4) is 0 Å². The minimum absolute atomic E-state index is 0. The van der Waals surface area contributed by atoms with Crippen molar-refractivity contribution in [2.24, 2.45) is 0 Å². The van der Waals surface area contributed by atoms with E-state index in [1.54, 1.807) is 0 Å². The van der Waals surface area contributed by atoms with E-state index in [0.717, 1.165) is 36.2 Å². The molecule has 1 heterocycles. The lowest BCUT2D eigenvalue weighted by molar-refractivity contribution is -0.0418. The highest BCUT2D eigenvalue weighted by molar-refractivity contribution is 9.10. The van der Waals surface area contributed by atoms with Gasteiger partial charge in [0.15, 0.2) is 0 Å². The molecule has 0 radical (unpaired) electrons. The highest BCUT2D eigenvalue weighted by atomic mass is 79.9. The lowest BCUT2D eigenvalue weighted by atomic mass is 10.1. The van der Waals surface area contributed by atoms with Crippen LogP contribution < -0.4 is 0 Å². The molecule has 1 saturated heterocycles. The Hall–Kier alpha value is -0.130. The Bertz CT molecular complexity index is 374. The molecule has 0 saturated carbocycles. The van der Waals surface area contributed by atoms with E-state index >= 15 is 0 Å². The molecule has 1 fully saturated rings. The largest absolute Gasteiger partial charge is 0.387 e. The highest BCUT2D eigenvalue weighted by Crippen LogP contribution is 2.19. The number of halogens is 2. The predicted molar refractivity (Wildman–Crippen MR) is 82.8 cm³/mol. The molecular weight excluding hydrogens is 330 g/mol. The zero-order valence-electron chi connectivity index (χ0n) is 11.1. The number of β-amino-alcohol motifs (C(OH)–C–C–N with tert-alkyl or cyclic N) is 1. The monoisotopic (exact) mass is 349 g/mol. The summed E-state index contributed by atoms with van der Waals surface area (Å²) in [4.78, 5) is 2.28. The molecule has 0 aromatic heterocycles. The molecule has 1 aliphatic heterocycles. The summed E-state index contributed by atoms with van der Waals surface area (Å²) in [5, 5.41) is 10.2. The minimum Gasteiger partial charge on any atom is -0.387 e. The van der Waals surface area contributed by atoms with Gasteiger partial charge in [-0.3, -0.25) is 4.90 Å². The van der Waals surface area contributed by atoms with Crippen LogP contribution in [0.15, 0.2) is 28.7 Å². The fourth-order valence-corrected chi connectivity index (χ4v) is 2.49. The SMILES string of the molecule is CCC1CN(CC(O)c2ccc(Br)cc2)CCO1.Cl. The number of rotatable bonds is 4. The summed E-state index contributed by atoms with van der Waals surface area (Å²) in [6.45, 7) is 5.42.